The second-order valence-electron chi connectivity index (χ2n) is 5.43. The van der Waals surface area contributed by atoms with Crippen molar-refractivity contribution in [2.45, 2.75) is 52.5 Å². The number of hydrogen-bond acceptors (Lipinski definition) is 2. The average Bonchev–Trinajstić information content (AvgIpc) is 2.32. The van der Waals surface area contributed by atoms with E-state index in [0.717, 1.165) is 6.42 Å². The van der Waals surface area contributed by atoms with E-state index in [1.165, 1.54) is 0 Å². The molecule has 2 atom stereocenters. The van der Waals surface area contributed by atoms with Gasteiger partial charge in [0.25, 0.3) is 0 Å². The van der Waals surface area contributed by atoms with E-state index in [0.29, 0.717) is 31.2 Å². The fourth-order valence-electron chi connectivity index (χ4n) is 1.99. The number of carbonyl (C=O) groups excluding carboxylic acids is 1. The maximum absolute atomic E-state index is 11.6. The molecule has 0 bridgehead atoms. The molecule has 3 N–H and O–H groups in total. The molecule has 0 aromatic rings. The molecular formula is C15H26N2O3. The summed E-state index contributed by atoms with van der Waals surface area (Å²) in [5, 5.41) is 14.2. The third-order valence-electron chi connectivity index (χ3n) is 3.27. The molecule has 0 aromatic heterocycles. The highest BCUT2D eigenvalue weighted by atomic mass is 16.4. The Bertz CT molecular complexity index is 348. The first-order valence-corrected chi connectivity index (χ1v) is 7.06. The number of nitrogens with one attached hydrogen (secondary N) is 2. The Morgan fingerprint density at radius 3 is 2.40 bits per heavy atom. The molecule has 0 heterocycles. The number of rotatable bonds is 9. The smallest absolute Gasteiger partial charge is 0.315 e. The van der Waals surface area contributed by atoms with Gasteiger partial charge in [-0.15, -0.1) is 12.3 Å². The highest BCUT2D eigenvalue weighted by molar-refractivity contribution is 5.74. The number of aliphatic carboxylic acids is 1. The Morgan fingerprint density at radius 2 is 1.90 bits per heavy atom. The van der Waals surface area contributed by atoms with Crippen molar-refractivity contribution in [3.8, 4) is 12.3 Å². The Balaban J connectivity index is 3.96. The van der Waals surface area contributed by atoms with Gasteiger partial charge in [-0.1, -0.05) is 13.8 Å². The fourth-order valence-corrected chi connectivity index (χ4v) is 1.99. The van der Waals surface area contributed by atoms with Crippen molar-refractivity contribution in [2.24, 2.45) is 11.8 Å². The van der Waals surface area contributed by atoms with Gasteiger partial charge < -0.3 is 15.7 Å². The molecule has 2 unspecified atom stereocenters. The van der Waals surface area contributed by atoms with Gasteiger partial charge in [0.2, 0.25) is 0 Å². The highest BCUT2D eigenvalue weighted by Crippen LogP contribution is 2.20. The molecule has 0 saturated carbocycles. The minimum atomic E-state index is -0.774. The molecule has 0 aliphatic rings. The van der Waals surface area contributed by atoms with Gasteiger partial charge in [0.05, 0.1) is 0 Å². The molecule has 0 saturated heterocycles. The van der Waals surface area contributed by atoms with Crippen LogP contribution < -0.4 is 10.6 Å². The second-order valence-corrected chi connectivity index (χ2v) is 5.43. The summed E-state index contributed by atoms with van der Waals surface area (Å²) in [6.07, 6.45) is 7.26. The molecule has 5 nitrogen and oxygen atoms in total. The lowest BCUT2D eigenvalue weighted by Crippen LogP contribution is -2.41. The number of urea groups is 1. The van der Waals surface area contributed by atoms with E-state index in [1.54, 1.807) is 0 Å². The standard InChI is InChI=1S/C15H26N2O3/c1-5-6-12(4)17-15(20)16-10-9-13(11(2)3)7-8-14(18)19/h1,11-13H,6-10H2,2-4H3,(H,18,19)(H2,16,17,20). The van der Waals surface area contributed by atoms with Gasteiger partial charge in [-0.3, -0.25) is 4.79 Å². The Kier molecular flexibility index (Phi) is 9.27. The zero-order valence-electron chi connectivity index (χ0n) is 12.6. The highest BCUT2D eigenvalue weighted by Gasteiger charge is 2.15. The second kappa shape index (κ2) is 10.1. The molecular weight excluding hydrogens is 256 g/mol. The van der Waals surface area contributed by atoms with Crippen molar-refractivity contribution in [2.75, 3.05) is 6.54 Å². The number of terminal acetylenes is 1. The molecule has 0 aliphatic heterocycles. The fraction of sp³-hybridized carbons (Fsp3) is 0.733. The van der Waals surface area contributed by atoms with Crippen molar-refractivity contribution < 1.29 is 14.7 Å². The van der Waals surface area contributed by atoms with Gasteiger partial charge in [-0.25, -0.2) is 4.79 Å². The monoisotopic (exact) mass is 282 g/mol. The van der Waals surface area contributed by atoms with Crippen molar-refractivity contribution in [1.29, 1.82) is 0 Å². The summed E-state index contributed by atoms with van der Waals surface area (Å²) < 4.78 is 0. The molecule has 0 spiro atoms. The lowest BCUT2D eigenvalue weighted by molar-refractivity contribution is -0.137. The van der Waals surface area contributed by atoms with Crippen LogP contribution in [0.2, 0.25) is 0 Å². The van der Waals surface area contributed by atoms with Crippen LogP contribution in [-0.4, -0.2) is 29.7 Å². The summed E-state index contributed by atoms with van der Waals surface area (Å²) >= 11 is 0. The lowest BCUT2D eigenvalue weighted by Gasteiger charge is -2.20. The molecule has 114 valence electrons. The topological polar surface area (TPSA) is 78.4 Å². The van der Waals surface area contributed by atoms with Gasteiger partial charge in [0.15, 0.2) is 0 Å². The number of carboxylic acid groups (broad SMARTS) is 1. The van der Waals surface area contributed by atoms with E-state index >= 15 is 0 Å². The molecule has 0 aliphatic carbocycles. The van der Waals surface area contributed by atoms with E-state index in [9.17, 15) is 9.59 Å². The Hall–Kier alpha value is -1.70. The van der Waals surface area contributed by atoms with Gasteiger partial charge in [-0.05, 0) is 31.6 Å². The van der Waals surface area contributed by atoms with Crippen molar-refractivity contribution in [1.82, 2.24) is 10.6 Å². The largest absolute Gasteiger partial charge is 0.481 e. The summed E-state index contributed by atoms with van der Waals surface area (Å²) in [5.74, 6) is 2.42. The summed E-state index contributed by atoms with van der Waals surface area (Å²) in [4.78, 5) is 22.2. The van der Waals surface area contributed by atoms with Crippen molar-refractivity contribution >= 4 is 12.0 Å². The number of hydrogen-bond donors (Lipinski definition) is 3. The summed E-state index contributed by atoms with van der Waals surface area (Å²) in [5.41, 5.74) is 0. The zero-order chi connectivity index (χ0) is 15.5. The van der Waals surface area contributed by atoms with Crippen LogP contribution in [0.5, 0.6) is 0 Å². The quantitative estimate of drug-likeness (QED) is 0.567. The van der Waals surface area contributed by atoms with Gasteiger partial charge in [0, 0.05) is 25.4 Å². The maximum Gasteiger partial charge on any atom is 0.315 e. The van der Waals surface area contributed by atoms with Crippen LogP contribution in [0.4, 0.5) is 4.79 Å². The van der Waals surface area contributed by atoms with Crippen LogP contribution in [0.1, 0.15) is 46.5 Å². The van der Waals surface area contributed by atoms with Crippen LogP contribution >= 0.6 is 0 Å². The summed E-state index contributed by atoms with van der Waals surface area (Å²) in [7, 11) is 0. The van der Waals surface area contributed by atoms with E-state index < -0.39 is 5.97 Å². The normalized spacial score (nSPS) is 13.3. The lowest BCUT2D eigenvalue weighted by atomic mass is 9.88. The molecule has 0 rings (SSSR count). The van der Waals surface area contributed by atoms with Crippen molar-refractivity contribution in [3.05, 3.63) is 0 Å². The SMILES string of the molecule is C#CCC(C)NC(=O)NCCC(CCC(=O)O)C(C)C. The minimum Gasteiger partial charge on any atom is -0.481 e. The number of carbonyl (C=O) groups is 2. The van der Waals surface area contributed by atoms with Gasteiger partial charge >= 0.3 is 12.0 Å². The van der Waals surface area contributed by atoms with Crippen LogP contribution in [0.15, 0.2) is 0 Å². The van der Waals surface area contributed by atoms with Crippen LogP contribution in [0, 0.1) is 24.2 Å². The first-order valence-electron chi connectivity index (χ1n) is 7.06. The van der Waals surface area contributed by atoms with Crippen molar-refractivity contribution in [3.63, 3.8) is 0 Å². The predicted molar refractivity (Wildman–Crippen MR) is 79.3 cm³/mol. The average molecular weight is 282 g/mol. The van der Waals surface area contributed by atoms with E-state index in [1.807, 2.05) is 6.92 Å². The predicted octanol–water partition coefficient (Wildman–Crippen LogP) is 2.22. The first kappa shape index (κ1) is 18.3. The van der Waals surface area contributed by atoms with Crippen LogP contribution in [-0.2, 0) is 4.79 Å². The molecule has 0 radical (unpaired) electrons. The molecule has 0 aromatic carbocycles. The molecule has 5 heteroatoms. The Labute approximate surface area is 121 Å². The van der Waals surface area contributed by atoms with E-state index in [2.05, 4.69) is 30.4 Å². The summed E-state index contributed by atoms with van der Waals surface area (Å²) in [6.45, 7) is 6.53. The van der Waals surface area contributed by atoms with Crippen LogP contribution in [0.25, 0.3) is 0 Å². The molecule has 20 heavy (non-hydrogen) atoms. The van der Waals surface area contributed by atoms with E-state index in [-0.39, 0.29) is 18.5 Å². The zero-order valence-corrected chi connectivity index (χ0v) is 12.6. The van der Waals surface area contributed by atoms with Gasteiger partial charge in [-0.2, -0.15) is 0 Å². The van der Waals surface area contributed by atoms with E-state index in [4.69, 9.17) is 11.5 Å². The third-order valence-corrected chi connectivity index (χ3v) is 3.27. The van der Waals surface area contributed by atoms with Gasteiger partial charge in [0.1, 0.15) is 0 Å². The number of carboxylic acids is 1. The third kappa shape index (κ3) is 9.26. The molecule has 2 amide bonds. The minimum absolute atomic E-state index is 0.0482. The number of amides is 2. The first-order chi connectivity index (χ1) is 9.36. The Morgan fingerprint density at radius 1 is 1.25 bits per heavy atom. The summed E-state index contributed by atoms with van der Waals surface area (Å²) in [6, 6.07) is -0.276. The van der Waals surface area contributed by atoms with Crippen LogP contribution in [0.3, 0.4) is 0 Å². The maximum atomic E-state index is 11.6. The molecule has 0 fully saturated rings.